The summed E-state index contributed by atoms with van der Waals surface area (Å²) in [7, 11) is -1.04. The number of aliphatic carboxylic acids is 1. The Bertz CT molecular complexity index is 946. The molecule has 3 rings (SSSR count). The van der Waals surface area contributed by atoms with Gasteiger partial charge in [-0.2, -0.15) is 0 Å². The van der Waals surface area contributed by atoms with Crippen LogP contribution in [0, 0.1) is 5.82 Å². The molecule has 0 spiro atoms. The van der Waals surface area contributed by atoms with E-state index in [1.165, 1.54) is 12.1 Å². The van der Waals surface area contributed by atoms with Crippen molar-refractivity contribution in [3.8, 4) is 0 Å². The van der Waals surface area contributed by atoms with Gasteiger partial charge in [0.05, 0.1) is 6.42 Å². The Morgan fingerprint density at radius 3 is 2.38 bits per heavy atom. The maximum atomic E-state index is 13.7. The molecule has 0 saturated carbocycles. The molecule has 2 aromatic carbocycles. The monoisotopic (exact) mass is 484 g/mol. The van der Waals surface area contributed by atoms with Crippen molar-refractivity contribution in [3.05, 3.63) is 70.5 Å². The molecule has 0 unspecified atom stereocenters. The number of carboxylic acids is 1. The van der Waals surface area contributed by atoms with E-state index < -0.39 is 16.8 Å². The van der Waals surface area contributed by atoms with Crippen LogP contribution in [-0.4, -0.2) is 21.5 Å². The van der Waals surface area contributed by atoms with E-state index in [1.807, 2.05) is 25.1 Å². The number of carbonyl (C=O) groups is 1. The zero-order valence-corrected chi connectivity index (χ0v) is 17.4. The van der Waals surface area contributed by atoms with Crippen LogP contribution in [0.2, 0.25) is 0 Å². The fourth-order valence-corrected chi connectivity index (χ4v) is 3.57. The number of rotatable bonds is 4. The number of fused-ring (bicyclic) bond motifs is 1. The average Bonchev–Trinajstić information content (AvgIpc) is 2.80. The molecule has 0 radical (unpaired) electrons. The van der Waals surface area contributed by atoms with E-state index in [9.17, 15) is 13.4 Å². The highest BCUT2D eigenvalue weighted by atomic mass is 127. The summed E-state index contributed by atoms with van der Waals surface area (Å²) in [6, 6.07) is 11.8. The minimum atomic E-state index is -1.04. The van der Waals surface area contributed by atoms with Crippen molar-refractivity contribution in [3.63, 3.8) is 0 Å². The summed E-state index contributed by atoms with van der Waals surface area (Å²) in [5, 5.41) is 9.17. The van der Waals surface area contributed by atoms with E-state index >= 15 is 0 Å². The summed E-state index contributed by atoms with van der Waals surface area (Å²) >= 11 is 0. The van der Waals surface area contributed by atoms with Crippen LogP contribution in [0.4, 0.5) is 4.39 Å². The summed E-state index contributed by atoms with van der Waals surface area (Å²) in [4.78, 5) is 11.9. The van der Waals surface area contributed by atoms with Gasteiger partial charge in [-0.25, -0.2) is 4.39 Å². The molecule has 6 heteroatoms. The highest BCUT2D eigenvalue weighted by molar-refractivity contribution is 14.0. The van der Waals surface area contributed by atoms with Crippen LogP contribution in [0.25, 0.3) is 17.2 Å². The van der Waals surface area contributed by atoms with Crippen molar-refractivity contribution in [2.75, 3.05) is 6.26 Å². The second kappa shape index (κ2) is 8.26. The van der Waals surface area contributed by atoms with Crippen molar-refractivity contribution in [2.24, 2.45) is 0 Å². The number of benzene rings is 2. The molecule has 0 heterocycles. The largest absolute Gasteiger partial charge is 0.481 e. The zero-order chi connectivity index (χ0) is 18.1. The van der Waals surface area contributed by atoms with Gasteiger partial charge in [0, 0.05) is 22.0 Å². The molecule has 0 fully saturated rings. The fraction of sp³-hybridized carbons (Fsp3) is 0.150. The van der Waals surface area contributed by atoms with Crippen molar-refractivity contribution < 1.29 is 18.5 Å². The molecular weight excluding hydrogens is 466 g/mol. The molecule has 0 aromatic heterocycles. The van der Waals surface area contributed by atoms with Crippen LogP contribution in [0.5, 0.6) is 0 Å². The molecule has 0 saturated heterocycles. The van der Waals surface area contributed by atoms with E-state index in [4.69, 9.17) is 5.11 Å². The molecule has 0 aliphatic heterocycles. The Kier molecular flexibility index (Phi) is 6.52. The number of hydrogen-bond acceptors (Lipinski definition) is 2. The van der Waals surface area contributed by atoms with Crippen LogP contribution in [-0.2, 0) is 15.6 Å². The third-order valence-corrected chi connectivity index (χ3v) is 5.24. The molecule has 1 aliphatic rings. The summed E-state index contributed by atoms with van der Waals surface area (Å²) in [5.74, 6) is -1.33. The van der Waals surface area contributed by atoms with Gasteiger partial charge in [0.25, 0.3) is 0 Å². The van der Waals surface area contributed by atoms with Crippen LogP contribution in [0.3, 0.4) is 0 Å². The molecule has 0 amide bonds. The average molecular weight is 484 g/mol. The van der Waals surface area contributed by atoms with Crippen molar-refractivity contribution >= 4 is 58.0 Å². The summed E-state index contributed by atoms with van der Waals surface area (Å²) in [6.45, 7) is 1.86. The van der Waals surface area contributed by atoms with Gasteiger partial charge in [0.2, 0.25) is 0 Å². The number of halogens is 2. The van der Waals surface area contributed by atoms with E-state index in [2.05, 4.69) is 0 Å². The van der Waals surface area contributed by atoms with Gasteiger partial charge in [0.15, 0.2) is 0 Å². The van der Waals surface area contributed by atoms with Crippen LogP contribution < -0.4 is 0 Å². The predicted molar refractivity (Wildman–Crippen MR) is 113 cm³/mol. The lowest BCUT2D eigenvalue weighted by molar-refractivity contribution is -0.135. The Balaban J connectivity index is 0.00000243. The lowest BCUT2D eigenvalue weighted by Crippen LogP contribution is -1.97. The van der Waals surface area contributed by atoms with Gasteiger partial charge in [-0.3, -0.25) is 9.00 Å². The first-order valence-corrected chi connectivity index (χ1v) is 9.30. The lowest BCUT2D eigenvalue weighted by atomic mass is 10.0. The van der Waals surface area contributed by atoms with Gasteiger partial charge in [-0.15, -0.1) is 24.0 Å². The highest BCUT2D eigenvalue weighted by Crippen LogP contribution is 2.43. The quantitative estimate of drug-likeness (QED) is 0.623. The third-order valence-electron chi connectivity index (χ3n) is 4.30. The lowest BCUT2D eigenvalue weighted by Gasteiger charge is -2.05. The molecule has 1 atom stereocenters. The Morgan fingerprint density at radius 2 is 1.81 bits per heavy atom. The minimum Gasteiger partial charge on any atom is -0.481 e. The van der Waals surface area contributed by atoms with Gasteiger partial charge in [-0.05, 0) is 70.7 Å². The van der Waals surface area contributed by atoms with Gasteiger partial charge >= 0.3 is 5.97 Å². The topological polar surface area (TPSA) is 54.4 Å². The van der Waals surface area contributed by atoms with E-state index in [1.54, 1.807) is 24.5 Å². The summed E-state index contributed by atoms with van der Waals surface area (Å²) < 4.78 is 25.1. The fourth-order valence-electron chi connectivity index (χ4n) is 3.05. The molecule has 1 N–H and O–H groups in total. The molecule has 2 aromatic rings. The smallest absolute Gasteiger partial charge is 0.307 e. The van der Waals surface area contributed by atoms with Gasteiger partial charge in [0.1, 0.15) is 5.82 Å². The van der Waals surface area contributed by atoms with Crippen molar-refractivity contribution in [2.45, 2.75) is 18.2 Å². The van der Waals surface area contributed by atoms with Gasteiger partial charge < -0.3 is 5.11 Å². The highest BCUT2D eigenvalue weighted by Gasteiger charge is 2.25. The normalized spacial score (nSPS) is 15.6. The standard InChI is InChI=1S/C20H17FO3S.HI/c1-12-17(9-13-3-6-15(7-4-13)25(2)24)16-8-5-14(21)10-19(16)18(12)11-20(22)23;/h3-10H,11H2,1-2H3,(H,22,23);1H/t25-;/m0./s1. The Hall–Kier alpha value is -1.80. The molecule has 136 valence electrons. The predicted octanol–water partition coefficient (Wildman–Crippen LogP) is 4.98. The number of carboxylic acid groups (broad SMARTS) is 1. The Labute approximate surface area is 171 Å². The zero-order valence-electron chi connectivity index (χ0n) is 14.3. The first-order chi connectivity index (χ1) is 11.9. The summed E-state index contributed by atoms with van der Waals surface area (Å²) in [5.41, 5.74) is 4.74. The van der Waals surface area contributed by atoms with E-state index in [0.29, 0.717) is 11.1 Å². The van der Waals surface area contributed by atoms with E-state index in [0.717, 1.165) is 27.2 Å². The maximum Gasteiger partial charge on any atom is 0.307 e. The third kappa shape index (κ3) is 4.12. The van der Waals surface area contributed by atoms with E-state index in [-0.39, 0.29) is 36.2 Å². The van der Waals surface area contributed by atoms with Gasteiger partial charge in [-0.1, -0.05) is 18.2 Å². The first kappa shape index (κ1) is 20.5. The summed E-state index contributed by atoms with van der Waals surface area (Å²) in [6.07, 6.45) is 3.43. The Morgan fingerprint density at radius 1 is 1.15 bits per heavy atom. The number of allylic oxidation sites excluding steroid dienone is 2. The van der Waals surface area contributed by atoms with Crippen LogP contribution >= 0.6 is 24.0 Å². The maximum absolute atomic E-state index is 13.7. The minimum absolute atomic E-state index is 0. The second-order valence-electron chi connectivity index (χ2n) is 5.95. The molecule has 26 heavy (non-hydrogen) atoms. The molecule has 1 aliphatic carbocycles. The number of hydrogen-bond donors (Lipinski definition) is 1. The van der Waals surface area contributed by atoms with Crippen molar-refractivity contribution in [1.82, 2.24) is 0 Å². The second-order valence-corrected chi connectivity index (χ2v) is 7.32. The van der Waals surface area contributed by atoms with Crippen molar-refractivity contribution in [1.29, 1.82) is 0 Å². The molecular formula is C20H18FIO3S. The van der Waals surface area contributed by atoms with Crippen LogP contribution in [0.1, 0.15) is 30.0 Å². The van der Waals surface area contributed by atoms with Crippen LogP contribution in [0.15, 0.2) is 52.9 Å². The first-order valence-electron chi connectivity index (χ1n) is 7.74. The SMILES string of the molecule is CC1=C(CC(=O)O)c2cc(F)ccc2C1=Cc1ccc([S@](C)=O)cc1.I. The molecule has 0 bridgehead atoms. The molecule has 3 nitrogen and oxygen atoms in total.